The first-order chi connectivity index (χ1) is 10.8. The number of nitrogens with one attached hydrogen (secondary N) is 2. The fourth-order valence-electron chi connectivity index (χ4n) is 2.19. The van der Waals surface area contributed by atoms with E-state index in [4.69, 9.17) is 0 Å². The van der Waals surface area contributed by atoms with Crippen molar-refractivity contribution in [1.29, 1.82) is 0 Å². The molecule has 0 aliphatic carbocycles. The van der Waals surface area contributed by atoms with E-state index in [1.807, 2.05) is 6.07 Å². The van der Waals surface area contributed by atoms with Crippen LogP contribution in [0.1, 0.15) is 46.6 Å². The van der Waals surface area contributed by atoms with Crippen LogP contribution < -0.4 is 10.6 Å². The van der Waals surface area contributed by atoms with Gasteiger partial charge in [0.1, 0.15) is 5.82 Å². The summed E-state index contributed by atoms with van der Waals surface area (Å²) in [7, 11) is 0. The zero-order valence-corrected chi connectivity index (χ0v) is 14.9. The molecule has 0 unspecified atom stereocenters. The fraction of sp³-hybridized carbons (Fsp3) is 0.474. The van der Waals surface area contributed by atoms with Crippen molar-refractivity contribution < 1.29 is 0 Å². The summed E-state index contributed by atoms with van der Waals surface area (Å²) in [6.07, 6.45) is 2.90. The molecule has 0 fully saturated rings. The molecule has 2 aromatic rings. The normalized spacial score (nSPS) is 11.6. The van der Waals surface area contributed by atoms with Crippen LogP contribution in [0.15, 0.2) is 36.5 Å². The van der Waals surface area contributed by atoms with Crippen molar-refractivity contribution in [3.05, 3.63) is 42.1 Å². The van der Waals surface area contributed by atoms with Gasteiger partial charge in [-0.2, -0.15) is 4.98 Å². The van der Waals surface area contributed by atoms with Crippen LogP contribution in [0.2, 0.25) is 0 Å². The van der Waals surface area contributed by atoms with E-state index in [1.165, 1.54) is 5.56 Å². The Bertz CT molecular complexity index is 612. The highest BCUT2D eigenvalue weighted by Gasteiger charge is 2.12. The number of hydrogen-bond acceptors (Lipinski definition) is 4. The Morgan fingerprint density at radius 1 is 1.04 bits per heavy atom. The van der Waals surface area contributed by atoms with Gasteiger partial charge in [0.05, 0.1) is 0 Å². The Labute approximate surface area is 139 Å². The van der Waals surface area contributed by atoms with Gasteiger partial charge >= 0.3 is 0 Å². The van der Waals surface area contributed by atoms with Gasteiger partial charge in [0.2, 0.25) is 5.95 Å². The highest BCUT2D eigenvalue weighted by atomic mass is 15.1. The summed E-state index contributed by atoms with van der Waals surface area (Å²) in [5.74, 6) is 2.15. The molecule has 2 rings (SSSR count). The van der Waals surface area contributed by atoms with Crippen molar-refractivity contribution in [3.8, 4) is 0 Å². The lowest BCUT2D eigenvalue weighted by molar-refractivity contribution is 0.590. The third kappa shape index (κ3) is 5.55. The molecule has 0 saturated heterocycles. The van der Waals surface area contributed by atoms with E-state index in [0.717, 1.165) is 24.5 Å². The summed E-state index contributed by atoms with van der Waals surface area (Å²) >= 11 is 0. The SMILES string of the molecule is CC(C)CCNc1ccnc(Nc2ccc(C(C)(C)C)cc2)n1. The van der Waals surface area contributed by atoms with Gasteiger partial charge in [-0.1, -0.05) is 46.8 Å². The third-order valence-corrected chi connectivity index (χ3v) is 3.69. The van der Waals surface area contributed by atoms with Gasteiger partial charge in [0.25, 0.3) is 0 Å². The van der Waals surface area contributed by atoms with E-state index in [-0.39, 0.29) is 5.41 Å². The summed E-state index contributed by atoms with van der Waals surface area (Å²) in [6, 6.07) is 10.3. The highest BCUT2D eigenvalue weighted by Crippen LogP contribution is 2.24. The van der Waals surface area contributed by atoms with Crippen molar-refractivity contribution >= 4 is 17.5 Å². The molecule has 0 saturated carbocycles. The lowest BCUT2D eigenvalue weighted by atomic mass is 9.87. The summed E-state index contributed by atoms with van der Waals surface area (Å²) in [4.78, 5) is 8.79. The molecule has 23 heavy (non-hydrogen) atoms. The Kier molecular flexibility index (Phi) is 5.59. The average molecular weight is 312 g/mol. The van der Waals surface area contributed by atoms with Crippen LogP contribution in [0.3, 0.4) is 0 Å². The number of nitrogens with zero attached hydrogens (tertiary/aromatic N) is 2. The average Bonchev–Trinajstić information content (AvgIpc) is 2.47. The van der Waals surface area contributed by atoms with Gasteiger partial charge in [-0.3, -0.25) is 0 Å². The largest absolute Gasteiger partial charge is 0.370 e. The number of aromatic nitrogens is 2. The summed E-state index contributed by atoms with van der Waals surface area (Å²) in [5, 5.41) is 6.60. The Morgan fingerprint density at radius 2 is 1.74 bits per heavy atom. The second-order valence-corrected chi connectivity index (χ2v) is 7.33. The van der Waals surface area contributed by atoms with Crippen molar-refractivity contribution in [2.24, 2.45) is 5.92 Å². The molecule has 4 nitrogen and oxygen atoms in total. The molecule has 1 aromatic heterocycles. The van der Waals surface area contributed by atoms with Gasteiger partial charge in [-0.15, -0.1) is 0 Å². The first kappa shape index (κ1) is 17.3. The monoisotopic (exact) mass is 312 g/mol. The van der Waals surface area contributed by atoms with Crippen molar-refractivity contribution in [1.82, 2.24) is 9.97 Å². The van der Waals surface area contributed by atoms with E-state index in [0.29, 0.717) is 11.9 Å². The van der Waals surface area contributed by atoms with Crippen LogP contribution in [0.4, 0.5) is 17.5 Å². The minimum Gasteiger partial charge on any atom is -0.370 e. The molecule has 4 heteroatoms. The van der Waals surface area contributed by atoms with Gasteiger partial charge < -0.3 is 10.6 Å². The van der Waals surface area contributed by atoms with Crippen LogP contribution in [-0.2, 0) is 5.41 Å². The number of anilines is 3. The quantitative estimate of drug-likeness (QED) is 0.790. The topological polar surface area (TPSA) is 49.8 Å². The maximum Gasteiger partial charge on any atom is 0.229 e. The summed E-state index contributed by atoms with van der Waals surface area (Å²) < 4.78 is 0. The predicted molar refractivity (Wildman–Crippen MR) is 98.4 cm³/mol. The van der Waals surface area contributed by atoms with Gasteiger partial charge in [0, 0.05) is 18.4 Å². The van der Waals surface area contributed by atoms with Crippen molar-refractivity contribution in [2.45, 2.75) is 46.5 Å². The minimum atomic E-state index is 0.162. The maximum atomic E-state index is 4.50. The van der Waals surface area contributed by atoms with Crippen molar-refractivity contribution in [2.75, 3.05) is 17.2 Å². The van der Waals surface area contributed by atoms with Crippen LogP contribution in [0.25, 0.3) is 0 Å². The molecule has 0 radical (unpaired) electrons. The molecule has 0 atom stereocenters. The number of hydrogen-bond donors (Lipinski definition) is 2. The second kappa shape index (κ2) is 7.44. The molecule has 1 aromatic carbocycles. The van der Waals surface area contributed by atoms with Crippen LogP contribution in [0, 0.1) is 5.92 Å². The molecule has 124 valence electrons. The molecule has 1 heterocycles. The van der Waals surface area contributed by atoms with E-state index < -0.39 is 0 Å². The molecular formula is C19H28N4. The zero-order valence-electron chi connectivity index (χ0n) is 14.9. The molecule has 0 bridgehead atoms. The minimum absolute atomic E-state index is 0.162. The lowest BCUT2D eigenvalue weighted by Crippen LogP contribution is -2.10. The summed E-state index contributed by atoms with van der Waals surface area (Å²) in [6.45, 7) is 12.0. The molecule has 0 aliphatic rings. The van der Waals surface area contributed by atoms with E-state index >= 15 is 0 Å². The van der Waals surface area contributed by atoms with E-state index in [9.17, 15) is 0 Å². The first-order valence-electron chi connectivity index (χ1n) is 8.29. The second-order valence-electron chi connectivity index (χ2n) is 7.33. The van der Waals surface area contributed by atoms with E-state index in [1.54, 1.807) is 6.20 Å². The van der Waals surface area contributed by atoms with Gasteiger partial charge in [-0.25, -0.2) is 4.98 Å². The van der Waals surface area contributed by atoms with Gasteiger partial charge in [-0.05, 0) is 41.5 Å². The van der Waals surface area contributed by atoms with Crippen LogP contribution >= 0.6 is 0 Å². The van der Waals surface area contributed by atoms with Gasteiger partial charge in [0.15, 0.2) is 0 Å². The Hall–Kier alpha value is -2.10. The first-order valence-corrected chi connectivity index (χ1v) is 8.29. The summed E-state index contributed by atoms with van der Waals surface area (Å²) in [5.41, 5.74) is 2.47. The Balaban J connectivity index is 2.00. The standard InChI is InChI=1S/C19H28N4/c1-14(2)10-12-20-17-11-13-21-18(23-17)22-16-8-6-15(7-9-16)19(3,4)5/h6-9,11,13-14H,10,12H2,1-5H3,(H2,20,21,22,23). The van der Waals surface area contributed by atoms with Crippen molar-refractivity contribution in [3.63, 3.8) is 0 Å². The molecular weight excluding hydrogens is 284 g/mol. The molecule has 0 spiro atoms. The van der Waals surface area contributed by atoms with Crippen LogP contribution in [0.5, 0.6) is 0 Å². The zero-order chi connectivity index (χ0) is 16.9. The number of benzene rings is 1. The lowest BCUT2D eigenvalue weighted by Gasteiger charge is -2.19. The predicted octanol–water partition coefficient (Wildman–Crippen LogP) is 4.98. The Morgan fingerprint density at radius 3 is 2.35 bits per heavy atom. The molecule has 2 N–H and O–H groups in total. The molecule has 0 aliphatic heterocycles. The fourth-order valence-corrected chi connectivity index (χ4v) is 2.19. The number of rotatable bonds is 6. The van der Waals surface area contributed by atoms with Crippen LogP contribution in [-0.4, -0.2) is 16.5 Å². The smallest absolute Gasteiger partial charge is 0.229 e. The molecule has 0 amide bonds. The maximum absolute atomic E-state index is 4.50. The highest BCUT2D eigenvalue weighted by molar-refractivity contribution is 5.55. The van der Waals surface area contributed by atoms with E-state index in [2.05, 4.69) is 79.5 Å². The third-order valence-electron chi connectivity index (χ3n) is 3.69.